The highest BCUT2D eigenvalue weighted by Gasteiger charge is 2.06. The highest BCUT2D eigenvalue weighted by molar-refractivity contribution is 5.54. The number of ether oxygens (including phenoxy) is 2. The summed E-state index contributed by atoms with van der Waals surface area (Å²) in [7, 11) is 3.31. The van der Waals surface area contributed by atoms with Gasteiger partial charge < -0.3 is 15.2 Å². The predicted octanol–water partition coefficient (Wildman–Crippen LogP) is 2.88. The van der Waals surface area contributed by atoms with Crippen LogP contribution in [0.15, 0.2) is 42.5 Å². The molecule has 0 saturated heterocycles. The Morgan fingerprint density at radius 3 is 2.39 bits per heavy atom. The monoisotopic (exact) mass is 243 g/mol. The molecule has 94 valence electrons. The fourth-order valence-electron chi connectivity index (χ4n) is 1.92. The minimum absolute atomic E-state index is 0.736. The lowest BCUT2D eigenvalue weighted by atomic mass is 10.0. The molecular formula is C15H17NO2. The van der Waals surface area contributed by atoms with Crippen LogP contribution in [-0.4, -0.2) is 14.2 Å². The predicted molar refractivity (Wildman–Crippen MR) is 73.2 cm³/mol. The van der Waals surface area contributed by atoms with Gasteiger partial charge in [0, 0.05) is 18.2 Å². The number of hydrogen-bond donors (Lipinski definition) is 1. The summed E-state index contributed by atoms with van der Waals surface area (Å²) in [5.41, 5.74) is 8.94. The van der Waals surface area contributed by atoms with Gasteiger partial charge in [-0.2, -0.15) is 0 Å². The van der Waals surface area contributed by atoms with Gasteiger partial charge in [0.2, 0.25) is 0 Å². The van der Waals surface area contributed by atoms with Gasteiger partial charge in [-0.25, -0.2) is 0 Å². The molecule has 0 fully saturated rings. The highest BCUT2D eigenvalue weighted by atomic mass is 16.5. The largest absolute Gasteiger partial charge is 0.497 e. The molecule has 2 N–H and O–H groups in total. The molecule has 0 bridgehead atoms. The number of para-hydroxylation sites is 1. The molecule has 0 saturated carbocycles. The van der Waals surface area contributed by atoms with E-state index in [4.69, 9.17) is 15.2 Å². The summed E-state index contributed by atoms with van der Waals surface area (Å²) in [6.07, 6.45) is 0.750. The summed E-state index contributed by atoms with van der Waals surface area (Å²) in [5.74, 6) is 1.66. The lowest BCUT2D eigenvalue weighted by Gasteiger charge is -2.11. The summed E-state index contributed by atoms with van der Waals surface area (Å²) < 4.78 is 10.5. The van der Waals surface area contributed by atoms with E-state index in [0.717, 1.165) is 34.7 Å². The highest BCUT2D eigenvalue weighted by Crippen LogP contribution is 2.26. The first kappa shape index (κ1) is 12.3. The van der Waals surface area contributed by atoms with E-state index in [0.29, 0.717) is 0 Å². The second-order valence-electron chi connectivity index (χ2n) is 4.05. The standard InChI is InChI=1S/C15H17NO2/c1-17-13-8-7-11(14(16)10-13)9-12-5-3-4-6-15(12)18-2/h3-8,10H,9,16H2,1-2H3. The first-order valence-electron chi connectivity index (χ1n) is 5.79. The van der Waals surface area contributed by atoms with Crippen molar-refractivity contribution in [3.63, 3.8) is 0 Å². The summed E-state index contributed by atoms with van der Waals surface area (Å²) in [6.45, 7) is 0. The van der Waals surface area contributed by atoms with E-state index in [2.05, 4.69) is 0 Å². The van der Waals surface area contributed by atoms with Crippen LogP contribution in [0.2, 0.25) is 0 Å². The van der Waals surface area contributed by atoms with Gasteiger partial charge in [-0.15, -0.1) is 0 Å². The molecule has 3 heteroatoms. The molecule has 0 aliphatic rings. The fraction of sp³-hybridized carbons (Fsp3) is 0.200. The third-order valence-electron chi connectivity index (χ3n) is 2.93. The molecule has 0 spiro atoms. The Bertz CT molecular complexity index is 538. The van der Waals surface area contributed by atoms with Crippen molar-refractivity contribution in [1.29, 1.82) is 0 Å². The maximum atomic E-state index is 6.02. The van der Waals surface area contributed by atoms with Gasteiger partial charge in [-0.3, -0.25) is 0 Å². The molecule has 0 aliphatic heterocycles. The average Bonchev–Trinajstić information content (AvgIpc) is 2.41. The zero-order valence-electron chi connectivity index (χ0n) is 10.6. The lowest BCUT2D eigenvalue weighted by molar-refractivity contribution is 0.410. The van der Waals surface area contributed by atoms with Crippen molar-refractivity contribution in [2.24, 2.45) is 0 Å². The Morgan fingerprint density at radius 2 is 1.72 bits per heavy atom. The van der Waals surface area contributed by atoms with Crippen LogP contribution in [0.4, 0.5) is 5.69 Å². The van der Waals surface area contributed by atoms with Crippen LogP contribution >= 0.6 is 0 Å². The zero-order chi connectivity index (χ0) is 13.0. The van der Waals surface area contributed by atoms with Crippen LogP contribution in [0, 0.1) is 0 Å². The van der Waals surface area contributed by atoms with Gasteiger partial charge in [0.05, 0.1) is 14.2 Å². The summed E-state index contributed by atoms with van der Waals surface area (Å²) in [5, 5.41) is 0. The van der Waals surface area contributed by atoms with Crippen molar-refractivity contribution in [3.8, 4) is 11.5 Å². The van der Waals surface area contributed by atoms with E-state index in [-0.39, 0.29) is 0 Å². The van der Waals surface area contributed by atoms with Gasteiger partial charge >= 0.3 is 0 Å². The molecule has 2 aromatic rings. The van der Waals surface area contributed by atoms with Crippen molar-refractivity contribution < 1.29 is 9.47 Å². The number of benzene rings is 2. The minimum atomic E-state index is 0.736. The summed E-state index contributed by atoms with van der Waals surface area (Å²) in [4.78, 5) is 0. The number of methoxy groups -OCH3 is 2. The van der Waals surface area contributed by atoms with Gasteiger partial charge in [-0.1, -0.05) is 24.3 Å². The van der Waals surface area contributed by atoms with Crippen LogP contribution in [0.3, 0.4) is 0 Å². The molecule has 0 unspecified atom stereocenters. The van der Waals surface area contributed by atoms with E-state index < -0.39 is 0 Å². The van der Waals surface area contributed by atoms with Crippen molar-refractivity contribution in [3.05, 3.63) is 53.6 Å². The Kier molecular flexibility index (Phi) is 3.72. The zero-order valence-corrected chi connectivity index (χ0v) is 10.6. The molecule has 0 aliphatic carbocycles. The maximum absolute atomic E-state index is 6.02. The molecule has 0 radical (unpaired) electrons. The Balaban J connectivity index is 2.28. The molecule has 2 rings (SSSR count). The van der Waals surface area contributed by atoms with Crippen LogP contribution < -0.4 is 15.2 Å². The average molecular weight is 243 g/mol. The fourth-order valence-corrected chi connectivity index (χ4v) is 1.92. The Hall–Kier alpha value is -2.16. The van der Waals surface area contributed by atoms with E-state index in [1.165, 1.54) is 0 Å². The van der Waals surface area contributed by atoms with Gasteiger partial charge in [0.1, 0.15) is 11.5 Å². The number of nitrogens with two attached hydrogens (primary N) is 1. The minimum Gasteiger partial charge on any atom is -0.497 e. The van der Waals surface area contributed by atoms with E-state index in [1.54, 1.807) is 14.2 Å². The van der Waals surface area contributed by atoms with E-state index >= 15 is 0 Å². The second-order valence-corrected chi connectivity index (χ2v) is 4.05. The van der Waals surface area contributed by atoms with Crippen molar-refractivity contribution >= 4 is 5.69 Å². The quantitative estimate of drug-likeness (QED) is 0.840. The third kappa shape index (κ3) is 2.56. The Labute approximate surface area is 107 Å². The number of hydrogen-bond acceptors (Lipinski definition) is 3. The summed E-state index contributed by atoms with van der Waals surface area (Å²) in [6, 6.07) is 13.7. The second kappa shape index (κ2) is 5.45. The molecule has 2 aromatic carbocycles. The molecule has 0 amide bonds. The van der Waals surface area contributed by atoms with E-state index in [1.807, 2.05) is 42.5 Å². The molecule has 18 heavy (non-hydrogen) atoms. The third-order valence-corrected chi connectivity index (χ3v) is 2.93. The number of nitrogen functional groups attached to an aromatic ring is 1. The van der Waals surface area contributed by atoms with Crippen LogP contribution in [0.1, 0.15) is 11.1 Å². The number of rotatable bonds is 4. The first-order chi connectivity index (χ1) is 8.74. The molecule has 0 aromatic heterocycles. The topological polar surface area (TPSA) is 44.5 Å². The van der Waals surface area contributed by atoms with Crippen molar-refractivity contribution in [2.45, 2.75) is 6.42 Å². The maximum Gasteiger partial charge on any atom is 0.122 e. The van der Waals surface area contributed by atoms with Gasteiger partial charge in [-0.05, 0) is 23.3 Å². The molecule has 0 heterocycles. The Morgan fingerprint density at radius 1 is 0.944 bits per heavy atom. The lowest BCUT2D eigenvalue weighted by Crippen LogP contribution is -1.98. The SMILES string of the molecule is COc1ccc(Cc2ccccc2OC)c(N)c1. The van der Waals surface area contributed by atoms with E-state index in [9.17, 15) is 0 Å². The smallest absolute Gasteiger partial charge is 0.122 e. The molecule has 3 nitrogen and oxygen atoms in total. The van der Waals surface area contributed by atoms with Crippen LogP contribution in [0.25, 0.3) is 0 Å². The first-order valence-corrected chi connectivity index (χ1v) is 5.79. The van der Waals surface area contributed by atoms with Crippen LogP contribution in [0.5, 0.6) is 11.5 Å². The summed E-state index contributed by atoms with van der Waals surface area (Å²) >= 11 is 0. The van der Waals surface area contributed by atoms with Crippen LogP contribution in [-0.2, 0) is 6.42 Å². The molecule has 0 atom stereocenters. The van der Waals surface area contributed by atoms with Gasteiger partial charge in [0.15, 0.2) is 0 Å². The normalized spacial score (nSPS) is 10.1. The van der Waals surface area contributed by atoms with Crippen molar-refractivity contribution in [2.75, 3.05) is 20.0 Å². The molecular weight excluding hydrogens is 226 g/mol. The number of anilines is 1. The van der Waals surface area contributed by atoms with Crippen molar-refractivity contribution in [1.82, 2.24) is 0 Å². The van der Waals surface area contributed by atoms with Gasteiger partial charge in [0.25, 0.3) is 0 Å².